The van der Waals surface area contributed by atoms with E-state index in [1.165, 1.54) is 27.8 Å². The summed E-state index contributed by atoms with van der Waals surface area (Å²) in [6, 6.07) is 33.0. The second-order valence-electron chi connectivity index (χ2n) is 32.1. The molecule has 4 N–H and O–H groups in total. The summed E-state index contributed by atoms with van der Waals surface area (Å²) in [4.78, 5) is 108. The molecule has 2 aromatic carbocycles. The maximum atomic E-state index is 14.9. The number of anilines is 4. The van der Waals surface area contributed by atoms with E-state index in [0.717, 1.165) is 125 Å². The Morgan fingerprint density at radius 2 is 0.795 bits per heavy atom. The Labute approximate surface area is 722 Å². The van der Waals surface area contributed by atoms with Crippen molar-refractivity contribution in [2.45, 2.75) is 139 Å². The van der Waals surface area contributed by atoms with Gasteiger partial charge in [0.05, 0.1) is 85.7 Å². The molecule has 0 radical (unpaired) electrons. The van der Waals surface area contributed by atoms with E-state index in [9.17, 15) is 28.0 Å². The average Bonchev–Trinajstić information content (AvgIpc) is 0.863. The van der Waals surface area contributed by atoms with Gasteiger partial charge in [-0.25, -0.2) is 58.6 Å². The second-order valence-corrected chi connectivity index (χ2v) is 33.8. The molecule has 24 rings (SSSR count). The highest BCUT2D eigenvalue weighted by molar-refractivity contribution is 6.31. The van der Waals surface area contributed by atoms with Crippen molar-refractivity contribution >= 4 is 93.3 Å². The van der Waals surface area contributed by atoms with Gasteiger partial charge in [-0.1, -0.05) is 58.5 Å². The van der Waals surface area contributed by atoms with Crippen molar-refractivity contribution in [3.8, 4) is 34.3 Å². The van der Waals surface area contributed by atoms with Crippen molar-refractivity contribution in [1.29, 1.82) is 0 Å². The van der Waals surface area contributed by atoms with Crippen LogP contribution >= 0.6 is 46.4 Å². The van der Waals surface area contributed by atoms with Crippen molar-refractivity contribution in [2.75, 3.05) is 47.4 Å². The van der Waals surface area contributed by atoms with Crippen LogP contribution in [0.15, 0.2) is 196 Å². The molecule has 8 aliphatic heterocycles. The molecule has 122 heavy (non-hydrogen) atoms. The first-order valence-corrected chi connectivity index (χ1v) is 42.4. The molecule has 12 atom stereocenters. The Bertz CT molecular complexity index is 5520. The second kappa shape index (κ2) is 36.7. The predicted octanol–water partition coefficient (Wildman–Crippen LogP) is 15.1. The molecule has 12 fully saturated rings. The highest BCUT2D eigenvalue weighted by atomic mass is 35.5. The number of aromatic nitrogens is 16. The van der Waals surface area contributed by atoms with Crippen LogP contribution in [0.5, 0.6) is 0 Å². The first-order valence-electron chi connectivity index (χ1n) is 40.9. The lowest BCUT2D eigenvalue weighted by Gasteiger charge is -2.50. The summed E-state index contributed by atoms with van der Waals surface area (Å²) in [5.41, 5.74) is 4.51. The minimum atomic E-state index is -0.555. The molecule has 18 heterocycles. The first kappa shape index (κ1) is 82.2. The molecule has 8 saturated heterocycles. The molecule has 4 aliphatic carbocycles. The normalized spacial score (nSPS) is 22.6. The third-order valence-electron chi connectivity index (χ3n) is 24.1. The molecule has 624 valence electrons. The number of nitrogens with one attached hydrogen (secondary N) is 4. The third kappa shape index (κ3) is 18.4. The molecule has 12 aromatic rings. The maximum Gasteiger partial charge on any atom is 0.275 e. The summed E-state index contributed by atoms with van der Waals surface area (Å²) in [6.45, 7) is 6.62. The number of piperidine rings is 8. The maximum absolute atomic E-state index is 14.9. The van der Waals surface area contributed by atoms with Gasteiger partial charge in [-0.2, -0.15) is 20.4 Å². The van der Waals surface area contributed by atoms with E-state index in [4.69, 9.17) is 46.4 Å². The van der Waals surface area contributed by atoms with Crippen LogP contribution < -0.4 is 21.3 Å². The third-order valence-corrected chi connectivity index (χ3v) is 25.0. The van der Waals surface area contributed by atoms with Gasteiger partial charge >= 0.3 is 0 Å². The molecule has 34 heteroatoms. The van der Waals surface area contributed by atoms with E-state index < -0.39 is 11.6 Å². The molecule has 12 aliphatic rings. The van der Waals surface area contributed by atoms with Crippen LogP contribution in [0.3, 0.4) is 0 Å². The molecule has 4 amide bonds. The van der Waals surface area contributed by atoms with Gasteiger partial charge in [0.15, 0.2) is 23.2 Å². The number of nitrogens with zero attached hydrogens (tertiary/aromatic N) is 20. The summed E-state index contributed by atoms with van der Waals surface area (Å²) in [5.74, 6) is 4.29. The van der Waals surface area contributed by atoms with Gasteiger partial charge in [0.1, 0.15) is 40.6 Å². The average molecular weight is 1720 g/mol. The molecule has 4 saturated carbocycles. The van der Waals surface area contributed by atoms with Crippen LogP contribution in [0.25, 0.3) is 34.3 Å². The van der Waals surface area contributed by atoms with Crippen LogP contribution in [0, 0.1) is 49.2 Å². The highest BCUT2D eigenvalue weighted by Crippen LogP contribution is 2.44. The van der Waals surface area contributed by atoms with Crippen LogP contribution in [-0.4, -0.2) is 198 Å². The van der Waals surface area contributed by atoms with Gasteiger partial charge in [0, 0.05) is 123 Å². The predicted molar refractivity (Wildman–Crippen MR) is 458 cm³/mol. The Hall–Kier alpha value is -12.1. The van der Waals surface area contributed by atoms with Crippen molar-refractivity contribution in [3.63, 3.8) is 0 Å². The molecule has 8 bridgehead atoms. The fourth-order valence-corrected chi connectivity index (χ4v) is 19.1. The summed E-state index contributed by atoms with van der Waals surface area (Å²) in [7, 11) is 0. The molecule has 12 unspecified atom stereocenters. The van der Waals surface area contributed by atoms with E-state index in [1.807, 2.05) is 88.0 Å². The Morgan fingerprint density at radius 3 is 1.22 bits per heavy atom. The van der Waals surface area contributed by atoms with Crippen LogP contribution in [0.2, 0.25) is 20.1 Å². The van der Waals surface area contributed by atoms with Crippen LogP contribution in [0.4, 0.5) is 32.1 Å². The minimum absolute atomic E-state index is 0.00258. The number of halogens is 6. The zero-order chi connectivity index (χ0) is 84.1. The molecular weight excluding hydrogens is 1640 g/mol. The van der Waals surface area contributed by atoms with Gasteiger partial charge in [0.25, 0.3) is 23.6 Å². The number of hydrogen-bond acceptors (Lipinski definition) is 22. The fourth-order valence-electron chi connectivity index (χ4n) is 18.6. The Kier molecular flexibility index (Phi) is 24.7. The number of fused-ring (bicyclic) bond motifs is 12. The fraction of sp³-hybridized carbons (Fsp3) is 0.341. The smallest absolute Gasteiger partial charge is 0.275 e. The zero-order valence-corrected chi connectivity index (χ0v) is 69.6. The van der Waals surface area contributed by atoms with Crippen molar-refractivity contribution < 1.29 is 28.0 Å². The van der Waals surface area contributed by atoms with Crippen molar-refractivity contribution in [2.24, 2.45) is 23.7 Å². The summed E-state index contributed by atoms with van der Waals surface area (Å²) < 4.78 is 29.1. The number of aryl methyl sites for hydroxylation is 2. The number of hydrogen-bond donors (Lipinski definition) is 4. The number of carbonyl (C=O) groups excluding carboxylic acids is 4. The molecule has 0 spiro atoms. The van der Waals surface area contributed by atoms with Gasteiger partial charge in [-0.3, -0.25) is 19.2 Å². The Balaban J connectivity index is 0.000000116. The van der Waals surface area contributed by atoms with Crippen LogP contribution in [-0.2, 0) is 0 Å². The Morgan fingerprint density at radius 1 is 0.385 bits per heavy atom. The summed E-state index contributed by atoms with van der Waals surface area (Å²) in [5, 5.41) is 33.1. The standard InChI is InChI=1S/2C23H21ClFN5O.2C21H22ClN7O/c24-15-3-7-21(28-12-15)29-19-10-14-2-6-20(19)30(13-14)23(31)18-11-16(25)4-5-17(18)22-26-8-1-9-27-22;24-15-6-8-20(28-12-15)29-18-11-14-5-7-19(18)30(13-14)23(31)21-16(3-1-4-17(21)25)22-26-9-2-10-27-22;1-13-2-5-18(29-24-8-9-25-29)20(26-13)21(30)28-12-14-3-6-17(28)16(10-14)27-19-7-4-15(22)11-23-19;1-13-8-16(20(24-10-13)29-25-6-7-26-29)21(30)28-12-14-2-4-18(28)17(9-14)27-19-5-3-15(22)11-23-19/h1,3-5,7-9,11-12,14,19-20H,2,6,10,13H2,(H,28,29);1-4,6,8-10,12,14,18-19H,5,7,11,13H2,(H,28,29);2,4-5,7-9,11,14,16-17H,3,6,10,12H2,1H3,(H,23,27);3,5-8,10-11,14,17-18H,2,4,9,12H2,1H3,(H,23,27). The van der Waals surface area contributed by atoms with E-state index in [2.05, 4.69) is 91.5 Å². The van der Waals surface area contributed by atoms with Gasteiger partial charge in [-0.15, -0.1) is 9.59 Å². The van der Waals surface area contributed by atoms with E-state index in [-0.39, 0.29) is 77.5 Å². The summed E-state index contributed by atoms with van der Waals surface area (Å²) in [6.07, 6.45) is 33.0. The lowest BCUT2D eigenvalue weighted by molar-refractivity contribution is 0.0273. The molecule has 10 aromatic heterocycles. The van der Waals surface area contributed by atoms with Gasteiger partial charge in [-0.05, 0) is 223 Å². The van der Waals surface area contributed by atoms with Crippen molar-refractivity contribution in [1.82, 2.24) is 99.4 Å². The number of carbonyl (C=O) groups is 4. The lowest BCUT2D eigenvalue weighted by atomic mass is 9.76. The lowest BCUT2D eigenvalue weighted by Crippen LogP contribution is -2.60. The van der Waals surface area contributed by atoms with E-state index in [1.54, 1.807) is 123 Å². The first-order chi connectivity index (χ1) is 59.3. The number of pyridine rings is 6. The number of benzene rings is 2. The molecule has 28 nitrogen and oxygen atoms in total. The van der Waals surface area contributed by atoms with Gasteiger partial charge in [0.2, 0.25) is 0 Å². The summed E-state index contributed by atoms with van der Waals surface area (Å²) >= 11 is 23.8. The van der Waals surface area contributed by atoms with Gasteiger partial charge < -0.3 is 40.9 Å². The number of amides is 4. The largest absolute Gasteiger partial charge is 0.365 e. The van der Waals surface area contributed by atoms with Crippen molar-refractivity contribution in [3.05, 3.63) is 261 Å². The minimum Gasteiger partial charge on any atom is -0.365 e. The zero-order valence-electron chi connectivity index (χ0n) is 66.6. The van der Waals surface area contributed by atoms with E-state index in [0.29, 0.717) is 108 Å². The molecular formula is C88H86Cl4F2N24O4. The SMILES string of the molecule is Cc1ccc(-n2nccn2)c(C(=O)N2CC3CCC2C(Nc2ccc(Cl)cn2)C3)n1.Cc1cnc(-n2nccn2)c(C(=O)N2CC3CCC2C(Nc2ccc(Cl)cn2)C3)c1.O=C(c1c(F)cccc1-c1ncccn1)N1CC2CCC1C(Nc1ccc(Cl)cn1)C2.O=C(c1cc(F)ccc1-c1ncccn1)N1CC2CCC1C(Nc1ccc(Cl)cn1)C2. The van der Waals surface area contributed by atoms with Crippen LogP contribution in [0.1, 0.15) is 130 Å². The topological polar surface area (TPSA) is 320 Å². The van der Waals surface area contributed by atoms with E-state index >= 15 is 0 Å². The monoisotopic (exact) mass is 1720 g/mol. The highest BCUT2D eigenvalue weighted by Gasteiger charge is 2.49. The number of rotatable bonds is 16. The quantitative estimate of drug-likeness (QED) is 0.0698.